The van der Waals surface area contributed by atoms with Crippen molar-refractivity contribution in [2.45, 2.75) is 26.3 Å². The lowest BCUT2D eigenvalue weighted by Crippen LogP contribution is -2.24. The van der Waals surface area contributed by atoms with Gasteiger partial charge in [0.15, 0.2) is 11.2 Å². The molecule has 114 valence electrons. The van der Waals surface area contributed by atoms with Gasteiger partial charge in [0, 0.05) is 0 Å². The molecule has 2 rings (SSSR count). The molecule has 0 radical (unpaired) electrons. The number of nitrogens with two attached hydrogens (primary N) is 1. The Morgan fingerprint density at radius 3 is 2.67 bits per heavy atom. The van der Waals surface area contributed by atoms with E-state index in [0.29, 0.717) is 23.5 Å². The first-order chi connectivity index (χ1) is 9.99. The molecule has 0 saturated heterocycles. The molecule has 1 unspecified atom stereocenters. The molecular weight excluding hydrogens is 274 g/mol. The molecule has 1 atom stereocenters. The van der Waals surface area contributed by atoms with E-state index in [1.54, 1.807) is 4.57 Å². The molecule has 8 heteroatoms. The summed E-state index contributed by atoms with van der Waals surface area (Å²) in [5.74, 6) is 0.389. The number of carbonyl (C=O) groups excluding carboxylic acids is 1. The molecule has 0 bridgehead atoms. The standard InChI is InChI=1S/C13H19N5O3/c1-7(2)5-8(12(19)21-4)18-10-9(17-13(18)14)11(20-3)16-6-15-10/h6-8H,5H2,1-4H3,(H2,14,17). The van der Waals surface area contributed by atoms with E-state index in [-0.39, 0.29) is 17.8 Å². The number of aromatic nitrogens is 4. The normalized spacial score (nSPS) is 12.6. The summed E-state index contributed by atoms with van der Waals surface area (Å²) < 4.78 is 11.6. The first-order valence-electron chi connectivity index (χ1n) is 6.59. The number of fused-ring (bicyclic) bond motifs is 1. The minimum atomic E-state index is -0.584. The van der Waals surface area contributed by atoms with E-state index in [9.17, 15) is 4.79 Å². The molecule has 0 amide bonds. The van der Waals surface area contributed by atoms with Crippen molar-refractivity contribution in [1.29, 1.82) is 0 Å². The molecule has 0 spiro atoms. The summed E-state index contributed by atoms with van der Waals surface area (Å²) in [7, 11) is 2.84. The van der Waals surface area contributed by atoms with Crippen LogP contribution in [0.2, 0.25) is 0 Å². The van der Waals surface area contributed by atoms with E-state index in [1.807, 2.05) is 13.8 Å². The van der Waals surface area contributed by atoms with Crippen LogP contribution in [0, 0.1) is 5.92 Å². The van der Waals surface area contributed by atoms with Crippen LogP contribution in [0.1, 0.15) is 26.3 Å². The molecule has 2 aromatic rings. The molecule has 2 heterocycles. The minimum absolute atomic E-state index is 0.180. The highest BCUT2D eigenvalue weighted by molar-refractivity contribution is 5.83. The van der Waals surface area contributed by atoms with Gasteiger partial charge in [0.1, 0.15) is 12.4 Å². The van der Waals surface area contributed by atoms with Crippen molar-refractivity contribution in [3.8, 4) is 5.88 Å². The second-order valence-corrected chi connectivity index (χ2v) is 5.06. The summed E-state index contributed by atoms with van der Waals surface area (Å²) in [6.45, 7) is 4.03. The first kappa shape index (κ1) is 15.0. The van der Waals surface area contributed by atoms with Gasteiger partial charge in [-0.05, 0) is 12.3 Å². The third-order valence-corrected chi connectivity index (χ3v) is 3.14. The van der Waals surface area contributed by atoms with Gasteiger partial charge in [0.05, 0.1) is 14.2 Å². The predicted molar refractivity (Wildman–Crippen MR) is 76.8 cm³/mol. The first-order valence-corrected chi connectivity index (χ1v) is 6.59. The van der Waals surface area contributed by atoms with Crippen LogP contribution < -0.4 is 10.5 Å². The Bertz CT molecular complexity index is 653. The molecule has 21 heavy (non-hydrogen) atoms. The van der Waals surface area contributed by atoms with Gasteiger partial charge >= 0.3 is 5.97 Å². The number of ether oxygens (including phenoxy) is 2. The number of nitrogens with zero attached hydrogens (tertiary/aromatic N) is 4. The van der Waals surface area contributed by atoms with E-state index >= 15 is 0 Å². The monoisotopic (exact) mass is 293 g/mol. The Kier molecular flexibility index (Phi) is 4.25. The molecule has 8 nitrogen and oxygen atoms in total. The number of nitrogen functional groups attached to an aromatic ring is 1. The molecule has 0 aliphatic rings. The van der Waals surface area contributed by atoms with Crippen LogP contribution in [0.3, 0.4) is 0 Å². The Balaban J connectivity index is 2.62. The fraction of sp³-hybridized carbons (Fsp3) is 0.538. The minimum Gasteiger partial charge on any atom is -0.479 e. The number of hydrogen-bond donors (Lipinski definition) is 1. The molecule has 0 saturated carbocycles. The highest BCUT2D eigenvalue weighted by atomic mass is 16.5. The second kappa shape index (κ2) is 5.94. The molecular formula is C13H19N5O3. The number of carbonyl (C=O) groups is 1. The van der Waals surface area contributed by atoms with Gasteiger partial charge in [0.25, 0.3) is 0 Å². The van der Waals surface area contributed by atoms with E-state index in [2.05, 4.69) is 15.0 Å². The van der Waals surface area contributed by atoms with Crippen molar-refractivity contribution < 1.29 is 14.3 Å². The van der Waals surface area contributed by atoms with Crippen molar-refractivity contribution in [3.63, 3.8) is 0 Å². The fourth-order valence-corrected chi connectivity index (χ4v) is 2.25. The number of esters is 1. The molecule has 2 N–H and O–H groups in total. The summed E-state index contributed by atoms with van der Waals surface area (Å²) in [5.41, 5.74) is 6.85. The van der Waals surface area contributed by atoms with Gasteiger partial charge < -0.3 is 15.2 Å². The quantitative estimate of drug-likeness (QED) is 0.825. The average molecular weight is 293 g/mol. The second-order valence-electron chi connectivity index (χ2n) is 5.06. The van der Waals surface area contributed by atoms with Crippen LogP contribution in [-0.2, 0) is 9.53 Å². The highest BCUT2D eigenvalue weighted by Gasteiger charge is 2.28. The van der Waals surface area contributed by atoms with Gasteiger partial charge in [-0.2, -0.15) is 4.98 Å². The van der Waals surface area contributed by atoms with E-state index in [0.717, 1.165) is 0 Å². The summed E-state index contributed by atoms with van der Waals surface area (Å²) in [6.07, 6.45) is 1.91. The molecule has 0 fully saturated rings. The Hall–Kier alpha value is -2.38. The van der Waals surface area contributed by atoms with Crippen LogP contribution in [0.25, 0.3) is 11.2 Å². The van der Waals surface area contributed by atoms with E-state index < -0.39 is 6.04 Å². The average Bonchev–Trinajstić information content (AvgIpc) is 2.79. The maximum Gasteiger partial charge on any atom is 0.329 e. The van der Waals surface area contributed by atoms with E-state index in [4.69, 9.17) is 15.2 Å². The smallest absolute Gasteiger partial charge is 0.329 e. The largest absolute Gasteiger partial charge is 0.479 e. The fourth-order valence-electron chi connectivity index (χ4n) is 2.25. The molecule has 2 aromatic heterocycles. The zero-order chi connectivity index (χ0) is 15.6. The van der Waals surface area contributed by atoms with Gasteiger partial charge in [-0.15, -0.1) is 0 Å². The van der Waals surface area contributed by atoms with Gasteiger partial charge in [-0.25, -0.2) is 14.8 Å². The Labute approximate surface area is 122 Å². The number of methoxy groups -OCH3 is 2. The van der Waals surface area contributed by atoms with Crippen LogP contribution in [0.15, 0.2) is 6.33 Å². The molecule has 0 aromatic carbocycles. The third-order valence-electron chi connectivity index (χ3n) is 3.14. The van der Waals surface area contributed by atoms with Crippen molar-refractivity contribution in [2.24, 2.45) is 5.92 Å². The summed E-state index contributed by atoms with van der Waals surface area (Å²) >= 11 is 0. The lowest BCUT2D eigenvalue weighted by molar-refractivity contribution is -0.145. The Morgan fingerprint density at radius 1 is 1.38 bits per heavy atom. The van der Waals surface area contributed by atoms with Crippen molar-refractivity contribution in [3.05, 3.63) is 6.33 Å². The van der Waals surface area contributed by atoms with Gasteiger partial charge in [0.2, 0.25) is 11.8 Å². The zero-order valence-electron chi connectivity index (χ0n) is 12.5. The lowest BCUT2D eigenvalue weighted by Gasteiger charge is -2.19. The maximum absolute atomic E-state index is 12.1. The summed E-state index contributed by atoms with van der Waals surface area (Å²) in [4.78, 5) is 24.5. The maximum atomic E-state index is 12.1. The SMILES string of the molecule is COC(=O)C(CC(C)C)n1c(N)nc2c(OC)ncnc21. The number of anilines is 1. The molecule has 0 aliphatic heterocycles. The van der Waals surface area contributed by atoms with Crippen LogP contribution in [0.5, 0.6) is 5.88 Å². The van der Waals surface area contributed by atoms with Crippen molar-refractivity contribution in [1.82, 2.24) is 19.5 Å². The van der Waals surface area contributed by atoms with Crippen LogP contribution in [-0.4, -0.2) is 39.7 Å². The molecule has 0 aliphatic carbocycles. The highest BCUT2D eigenvalue weighted by Crippen LogP contribution is 2.29. The van der Waals surface area contributed by atoms with Crippen molar-refractivity contribution in [2.75, 3.05) is 20.0 Å². The number of rotatable bonds is 5. The summed E-state index contributed by atoms with van der Waals surface area (Å²) in [6, 6.07) is -0.584. The zero-order valence-corrected chi connectivity index (χ0v) is 12.5. The topological polar surface area (TPSA) is 105 Å². The van der Waals surface area contributed by atoms with Gasteiger partial charge in [-0.1, -0.05) is 13.8 Å². The Morgan fingerprint density at radius 2 is 2.10 bits per heavy atom. The van der Waals surface area contributed by atoms with Gasteiger partial charge in [-0.3, -0.25) is 4.57 Å². The summed E-state index contributed by atoms with van der Waals surface area (Å²) in [5, 5.41) is 0. The third kappa shape index (κ3) is 2.74. The van der Waals surface area contributed by atoms with Crippen molar-refractivity contribution >= 4 is 23.1 Å². The predicted octanol–water partition coefficient (Wildman–Crippen LogP) is 1.18. The lowest BCUT2D eigenvalue weighted by atomic mass is 10.0. The number of hydrogen-bond acceptors (Lipinski definition) is 7. The van der Waals surface area contributed by atoms with Crippen LogP contribution >= 0.6 is 0 Å². The van der Waals surface area contributed by atoms with Crippen LogP contribution in [0.4, 0.5) is 5.95 Å². The number of imidazole rings is 1. The van der Waals surface area contributed by atoms with E-state index in [1.165, 1.54) is 20.5 Å².